The fraction of sp³-hybridized carbons (Fsp3) is 0.200. The summed E-state index contributed by atoms with van der Waals surface area (Å²) in [6.07, 6.45) is 1.60. The second kappa shape index (κ2) is 6.60. The number of carbonyl (C=O) groups excluding carboxylic acids is 1. The molecule has 1 aromatic heterocycles. The summed E-state index contributed by atoms with van der Waals surface area (Å²) in [7, 11) is 0. The Labute approximate surface area is 121 Å². The number of ether oxygens (including phenoxy) is 1. The van der Waals surface area contributed by atoms with Crippen LogP contribution in [0.4, 0.5) is 0 Å². The molecule has 0 spiro atoms. The number of hydrogen-bond donors (Lipinski definition) is 1. The van der Waals surface area contributed by atoms with Crippen molar-refractivity contribution in [2.75, 3.05) is 6.61 Å². The van der Waals surface area contributed by atoms with Crippen molar-refractivity contribution < 1.29 is 19.4 Å². The molecule has 21 heavy (non-hydrogen) atoms. The van der Waals surface area contributed by atoms with Crippen molar-refractivity contribution >= 4 is 11.8 Å². The Balaban J connectivity index is 2.05. The highest BCUT2D eigenvalue weighted by atomic mass is 16.5. The normalized spacial score (nSPS) is 10.1. The van der Waals surface area contributed by atoms with Gasteiger partial charge in [0.1, 0.15) is 11.6 Å². The van der Waals surface area contributed by atoms with Gasteiger partial charge in [0.2, 0.25) is 0 Å². The molecule has 1 heterocycles. The number of aromatic nitrogens is 2. The molecule has 0 aliphatic rings. The number of para-hydroxylation sites is 1. The molecular formula is C15H14N2O4. The van der Waals surface area contributed by atoms with Crippen LogP contribution in [-0.4, -0.2) is 33.4 Å². The van der Waals surface area contributed by atoms with E-state index < -0.39 is 5.97 Å². The van der Waals surface area contributed by atoms with Crippen LogP contribution in [0.2, 0.25) is 0 Å². The number of rotatable bonds is 6. The third-order valence-electron chi connectivity index (χ3n) is 2.76. The smallest absolute Gasteiger partial charge is 0.355 e. The lowest BCUT2D eigenvalue weighted by atomic mass is 10.1. The summed E-state index contributed by atoms with van der Waals surface area (Å²) in [6.45, 7) is 1.60. The molecule has 1 N–H and O–H groups in total. The second-order valence-corrected chi connectivity index (χ2v) is 4.32. The number of nitrogens with zero attached hydrogens (tertiary/aromatic N) is 2. The van der Waals surface area contributed by atoms with Crippen LogP contribution in [0.25, 0.3) is 0 Å². The Morgan fingerprint density at radius 1 is 1.24 bits per heavy atom. The number of benzene rings is 1. The van der Waals surface area contributed by atoms with Crippen molar-refractivity contribution in [1.29, 1.82) is 0 Å². The van der Waals surface area contributed by atoms with Crippen molar-refractivity contribution in [2.24, 2.45) is 0 Å². The first kappa shape index (κ1) is 14.6. The molecule has 2 rings (SSSR count). The van der Waals surface area contributed by atoms with Crippen molar-refractivity contribution in [1.82, 2.24) is 9.97 Å². The Kier molecular flexibility index (Phi) is 4.61. The molecule has 1 aromatic carbocycles. The molecule has 0 saturated heterocycles. The van der Waals surface area contributed by atoms with E-state index in [0.29, 0.717) is 18.9 Å². The zero-order valence-corrected chi connectivity index (χ0v) is 11.4. The molecule has 6 heteroatoms. The fourth-order valence-electron chi connectivity index (χ4n) is 1.74. The van der Waals surface area contributed by atoms with E-state index in [1.165, 1.54) is 13.1 Å². The minimum Gasteiger partial charge on any atom is -0.493 e. The lowest BCUT2D eigenvalue weighted by Gasteiger charge is -2.07. The topological polar surface area (TPSA) is 89.4 Å². The molecule has 2 aromatic rings. The molecule has 0 fully saturated rings. The van der Waals surface area contributed by atoms with Crippen LogP contribution >= 0.6 is 0 Å². The Morgan fingerprint density at radius 3 is 2.57 bits per heavy atom. The van der Waals surface area contributed by atoms with Gasteiger partial charge in [-0.1, -0.05) is 18.2 Å². The van der Waals surface area contributed by atoms with Gasteiger partial charge < -0.3 is 9.84 Å². The Morgan fingerprint density at radius 2 is 1.95 bits per heavy atom. The highest BCUT2D eigenvalue weighted by Crippen LogP contribution is 2.10. The van der Waals surface area contributed by atoms with Gasteiger partial charge in [-0.25, -0.2) is 14.8 Å². The van der Waals surface area contributed by atoms with Crippen molar-refractivity contribution in [3.63, 3.8) is 0 Å². The van der Waals surface area contributed by atoms with Crippen LogP contribution < -0.4 is 4.74 Å². The maximum atomic E-state index is 11.3. The van der Waals surface area contributed by atoms with Gasteiger partial charge in [0.25, 0.3) is 0 Å². The quantitative estimate of drug-likeness (QED) is 0.817. The van der Waals surface area contributed by atoms with Gasteiger partial charge in [-0.05, 0) is 19.1 Å². The third kappa shape index (κ3) is 3.85. The molecule has 0 unspecified atom stereocenters. The average Bonchev–Trinajstić information content (AvgIpc) is 2.48. The zero-order chi connectivity index (χ0) is 15.2. The Hall–Kier alpha value is -2.76. The first-order valence-corrected chi connectivity index (χ1v) is 6.36. The highest BCUT2D eigenvalue weighted by molar-refractivity contribution is 6.03. The Bertz CT molecular complexity index is 656. The van der Waals surface area contributed by atoms with Gasteiger partial charge in [0.15, 0.2) is 11.5 Å². The second-order valence-electron chi connectivity index (χ2n) is 4.32. The number of carboxylic acid groups (broad SMARTS) is 1. The molecule has 0 saturated carbocycles. The first-order valence-electron chi connectivity index (χ1n) is 6.36. The van der Waals surface area contributed by atoms with E-state index in [-0.39, 0.29) is 17.0 Å². The van der Waals surface area contributed by atoms with E-state index in [1.807, 2.05) is 30.3 Å². The minimum atomic E-state index is -1.24. The van der Waals surface area contributed by atoms with Crippen LogP contribution in [-0.2, 0) is 6.42 Å². The monoisotopic (exact) mass is 286 g/mol. The maximum absolute atomic E-state index is 11.3. The lowest BCUT2D eigenvalue weighted by Crippen LogP contribution is -2.14. The van der Waals surface area contributed by atoms with Crippen LogP contribution in [0.1, 0.15) is 33.6 Å². The van der Waals surface area contributed by atoms with Crippen molar-refractivity contribution in [2.45, 2.75) is 13.3 Å². The molecule has 0 bridgehead atoms. The summed E-state index contributed by atoms with van der Waals surface area (Å²) in [6, 6.07) is 9.24. The van der Waals surface area contributed by atoms with Gasteiger partial charge in [-0.2, -0.15) is 0 Å². The van der Waals surface area contributed by atoms with E-state index in [0.717, 1.165) is 5.75 Å². The number of carboxylic acids is 1. The predicted octanol–water partition coefficient (Wildman–Crippen LogP) is 2.00. The molecular weight excluding hydrogens is 272 g/mol. The summed E-state index contributed by atoms with van der Waals surface area (Å²) < 4.78 is 5.49. The van der Waals surface area contributed by atoms with Gasteiger partial charge in [-0.3, -0.25) is 4.79 Å². The lowest BCUT2D eigenvalue weighted by molar-refractivity contribution is 0.0685. The molecule has 108 valence electrons. The maximum Gasteiger partial charge on any atom is 0.355 e. The third-order valence-corrected chi connectivity index (χ3v) is 2.76. The van der Waals surface area contributed by atoms with Gasteiger partial charge in [-0.15, -0.1) is 0 Å². The van der Waals surface area contributed by atoms with E-state index in [9.17, 15) is 9.59 Å². The van der Waals surface area contributed by atoms with Gasteiger partial charge >= 0.3 is 5.97 Å². The largest absolute Gasteiger partial charge is 0.493 e. The molecule has 6 nitrogen and oxygen atoms in total. The van der Waals surface area contributed by atoms with E-state index in [2.05, 4.69) is 9.97 Å². The van der Waals surface area contributed by atoms with Crippen molar-refractivity contribution in [3.05, 3.63) is 53.6 Å². The highest BCUT2D eigenvalue weighted by Gasteiger charge is 2.17. The zero-order valence-electron chi connectivity index (χ0n) is 11.4. The van der Waals surface area contributed by atoms with Crippen LogP contribution in [0.15, 0.2) is 36.5 Å². The SMILES string of the molecule is CC(=O)c1cnc(CCOc2ccccc2)nc1C(=O)O. The summed E-state index contributed by atoms with van der Waals surface area (Å²) in [5, 5.41) is 9.07. The molecule has 0 aliphatic carbocycles. The summed E-state index contributed by atoms with van der Waals surface area (Å²) in [4.78, 5) is 30.3. The first-order chi connectivity index (χ1) is 10.1. The summed E-state index contributed by atoms with van der Waals surface area (Å²) in [5.74, 6) is -0.572. The number of carbonyl (C=O) groups is 2. The predicted molar refractivity (Wildman–Crippen MR) is 74.6 cm³/mol. The van der Waals surface area contributed by atoms with Crippen molar-refractivity contribution in [3.8, 4) is 5.75 Å². The molecule has 0 atom stereocenters. The van der Waals surface area contributed by atoms with E-state index >= 15 is 0 Å². The minimum absolute atomic E-state index is 0.00947. The van der Waals surface area contributed by atoms with Gasteiger partial charge in [0, 0.05) is 12.6 Å². The fourth-order valence-corrected chi connectivity index (χ4v) is 1.74. The average molecular weight is 286 g/mol. The van der Waals surface area contributed by atoms with E-state index in [1.54, 1.807) is 0 Å². The molecule has 0 aliphatic heterocycles. The number of hydrogen-bond acceptors (Lipinski definition) is 5. The summed E-state index contributed by atoms with van der Waals surface area (Å²) >= 11 is 0. The standard InChI is InChI=1S/C15H14N2O4/c1-10(18)12-9-16-13(17-14(12)15(19)20)7-8-21-11-5-3-2-4-6-11/h2-6,9H,7-8H2,1H3,(H,19,20). The van der Waals surface area contributed by atoms with Gasteiger partial charge in [0.05, 0.1) is 12.2 Å². The number of aromatic carboxylic acids is 1. The van der Waals surface area contributed by atoms with Crippen LogP contribution in [0, 0.1) is 0 Å². The molecule has 0 radical (unpaired) electrons. The number of Topliss-reactive ketones (excluding diaryl/α,β-unsaturated/α-hetero) is 1. The van der Waals surface area contributed by atoms with Crippen LogP contribution in [0.3, 0.4) is 0 Å². The van der Waals surface area contributed by atoms with Crippen LogP contribution in [0.5, 0.6) is 5.75 Å². The van der Waals surface area contributed by atoms with E-state index in [4.69, 9.17) is 9.84 Å². The molecule has 0 amide bonds. The number of ketones is 1. The summed E-state index contributed by atoms with van der Waals surface area (Å²) in [5.41, 5.74) is -0.262.